The Morgan fingerprint density at radius 2 is 1.58 bits per heavy atom. The number of morpholine rings is 1. The molecule has 1 atom stereocenters. The number of hydrogen-bond acceptors (Lipinski definition) is 9. The molecule has 0 spiro atoms. The second-order valence-corrected chi connectivity index (χ2v) is 10.5. The summed E-state index contributed by atoms with van der Waals surface area (Å²) in [6.45, 7) is 14.0. The predicted octanol–water partition coefficient (Wildman–Crippen LogP) is 1.01. The molecule has 0 aliphatic carbocycles. The number of aromatic nitrogens is 1. The van der Waals surface area contributed by atoms with Crippen molar-refractivity contribution in [2.45, 2.75) is 26.0 Å². The molecular weight excluding hydrogens is 484 g/mol. The monoisotopic (exact) mass is 526 g/mol. The van der Waals surface area contributed by atoms with Gasteiger partial charge in [-0.25, -0.2) is 4.98 Å². The number of aliphatic hydroxyl groups excluding tert-OH is 1. The summed E-state index contributed by atoms with van der Waals surface area (Å²) >= 11 is 0. The molecule has 4 heterocycles. The zero-order chi connectivity index (χ0) is 26.3. The molecule has 3 fully saturated rings. The van der Waals surface area contributed by atoms with Crippen LogP contribution >= 0.6 is 0 Å². The van der Waals surface area contributed by atoms with Gasteiger partial charge in [0, 0.05) is 84.2 Å². The predicted molar refractivity (Wildman–Crippen MR) is 145 cm³/mol. The Morgan fingerprint density at radius 3 is 2.29 bits per heavy atom. The summed E-state index contributed by atoms with van der Waals surface area (Å²) < 4.78 is 11.1. The number of benzene rings is 1. The van der Waals surface area contributed by atoms with Crippen LogP contribution in [-0.4, -0.2) is 133 Å². The van der Waals surface area contributed by atoms with Crippen molar-refractivity contribution >= 4 is 11.6 Å². The fourth-order valence-electron chi connectivity index (χ4n) is 5.67. The minimum atomic E-state index is -0.344. The largest absolute Gasteiger partial charge is 0.447 e. The van der Waals surface area contributed by atoms with Crippen LogP contribution in [0.15, 0.2) is 34.9 Å². The number of carbonyl (C=O) groups is 1. The number of β-amino-alcohol motifs (C(OH)–C–C–N with tert-alkyl or cyclic N) is 1. The van der Waals surface area contributed by atoms with Gasteiger partial charge in [-0.3, -0.25) is 19.5 Å². The van der Waals surface area contributed by atoms with Crippen LogP contribution in [0.2, 0.25) is 0 Å². The standard InChI is InChI=1S/C28H42N6O4/c1-2-23-5-3-4-6-26(23)33-11-13-34(14-12-33)28(36)25-22-38-27(29-25)21-31-9-7-30(8-10-31)19-24(35)20-32-15-17-37-18-16-32/h3-6,22,24,35H,2,7-21H2,1H3/t24-/m1/s1. The second-order valence-electron chi connectivity index (χ2n) is 10.5. The zero-order valence-electron chi connectivity index (χ0n) is 22.6. The highest BCUT2D eigenvalue weighted by atomic mass is 16.5. The van der Waals surface area contributed by atoms with Gasteiger partial charge in [-0.1, -0.05) is 25.1 Å². The third-order valence-corrected chi connectivity index (χ3v) is 7.92. The van der Waals surface area contributed by atoms with Gasteiger partial charge >= 0.3 is 0 Å². The number of para-hydroxylation sites is 1. The molecule has 3 saturated heterocycles. The highest BCUT2D eigenvalue weighted by molar-refractivity contribution is 5.92. The molecule has 5 rings (SSSR count). The van der Waals surface area contributed by atoms with Crippen molar-refractivity contribution in [2.75, 3.05) is 96.7 Å². The van der Waals surface area contributed by atoms with E-state index in [2.05, 4.69) is 55.8 Å². The van der Waals surface area contributed by atoms with Crippen molar-refractivity contribution in [1.82, 2.24) is 24.6 Å². The van der Waals surface area contributed by atoms with Crippen LogP contribution in [0, 0.1) is 0 Å². The zero-order valence-corrected chi connectivity index (χ0v) is 22.6. The van der Waals surface area contributed by atoms with Crippen LogP contribution < -0.4 is 4.90 Å². The molecule has 1 aromatic carbocycles. The van der Waals surface area contributed by atoms with E-state index in [0.717, 1.165) is 72.0 Å². The Labute approximate surface area is 225 Å². The summed E-state index contributed by atoms with van der Waals surface area (Å²) in [5.41, 5.74) is 3.02. The number of aryl methyl sites for hydroxylation is 1. The summed E-state index contributed by atoms with van der Waals surface area (Å²) in [5.74, 6) is 0.534. The number of carbonyl (C=O) groups excluding carboxylic acids is 1. The summed E-state index contributed by atoms with van der Waals surface area (Å²) in [7, 11) is 0. The number of oxazole rings is 1. The normalized spacial score (nSPS) is 21.1. The maximum atomic E-state index is 13.1. The highest BCUT2D eigenvalue weighted by Gasteiger charge is 2.26. The molecule has 1 amide bonds. The van der Waals surface area contributed by atoms with Crippen LogP contribution in [0.1, 0.15) is 28.9 Å². The third-order valence-electron chi connectivity index (χ3n) is 7.92. The SMILES string of the molecule is CCc1ccccc1N1CCN(C(=O)c2coc(CN3CCN(C[C@@H](O)CN4CCOCC4)CC3)n2)CC1. The molecule has 0 unspecified atom stereocenters. The Balaban J connectivity index is 1.04. The van der Waals surface area contributed by atoms with Gasteiger partial charge in [0.05, 0.1) is 25.9 Å². The third kappa shape index (κ3) is 6.92. The van der Waals surface area contributed by atoms with Crippen molar-refractivity contribution in [3.63, 3.8) is 0 Å². The highest BCUT2D eigenvalue weighted by Crippen LogP contribution is 2.23. The molecular formula is C28H42N6O4. The molecule has 10 nitrogen and oxygen atoms in total. The molecule has 208 valence electrons. The quantitative estimate of drug-likeness (QED) is 0.514. The van der Waals surface area contributed by atoms with E-state index in [4.69, 9.17) is 9.15 Å². The smallest absolute Gasteiger partial charge is 0.275 e. The number of ether oxygens (including phenoxy) is 1. The fourth-order valence-corrected chi connectivity index (χ4v) is 5.67. The van der Waals surface area contributed by atoms with E-state index in [9.17, 15) is 9.90 Å². The van der Waals surface area contributed by atoms with E-state index in [-0.39, 0.29) is 12.0 Å². The van der Waals surface area contributed by atoms with Crippen molar-refractivity contribution in [3.05, 3.63) is 47.7 Å². The van der Waals surface area contributed by atoms with Gasteiger partial charge in [0.25, 0.3) is 5.91 Å². The van der Waals surface area contributed by atoms with Crippen LogP contribution in [0.5, 0.6) is 0 Å². The summed E-state index contributed by atoms with van der Waals surface area (Å²) in [6, 6.07) is 8.52. The molecule has 2 aromatic rings. The van der Waals surface area contributed by atoms with Crippen molar-refractivity contribution in [1.29, 1.82) is 0 Å². The van der Waals surface area contributed by atoms with Crippen LogP contribution in [0.3, 0.4) is 0 Å². The summed E-state index contributed by atoms with van der Waals surface area (Å²) in [6.07, 6.45) is 2.17. The minimum Gasteiger partial charge on any atom is -0.447 e. The topological polar surface area (TPSA) is 88.8 Å². The number of piperazine rings is 2. The molecule has 0 saturated carbocycles. The Kier molecular flexibility index (Phi) is 9.29. The van der Waals surface area contributed by atoms with E-state index in [1.54, 1.807) is 0 Å². The first-order valence-electron chi connectivity index (χ1n) is 14.1. The molecule has 0 bridgehead atoms. The first kappa shape index (κ1) is 27.1. The Bertz CT molecular complexity index is 1030. The molecule has 1 aromatic heterocycles. The van der Waals surface area contributed by atoms with Crippen molar-refractivity contribution < 1.29 is 19.1 Å². The number of hydrogen-bond donors (Lipinski definition) is 1. The van der Waals surface area contributed by atoms with E-state index in [1.807, 2.05) is 4.90 Å². The van der Waals surface area contributed by atoms with E-state index < -0.39 is 0 Å². The van der Waals surface area contributed by atoms with Gasteiger partial charge in [-0.2, -0.15) is 0 Å². The van der Waals surface area contributed by atoms with Crippen LogP contribution in [0.25, 0.3) is 0 Å². The number of aliphatic hydroxyl groups is 1. The number of nitrogens with zero attached hydrogens (tertiary/aromatic N) is 6. The number of rotatable bonds is 9. The molecule has 1 N–H and O–H groups in total. The molecule has 3 aliphatic rings. The lowest BCUT2D eigenvalue weighted by Gasteiger charge is -2.36. The average Bonchev–Trinajstić information content (AvgIpc) is 3.43. The Hall–Kier alpha value is -2.50. The minimum absolute atomic E-state index is 0.0532. The van der Waals surface area contributed by atoms with Crippen LogP contribution in [0.4, 0.5) is 5.69 Å². The van der Waals surface area contributed by atoms with Gasteiger partial charge in [-0.15, -0.1) is 0 Å². The van der Waals surface area contributed by atoms with Crippen molar-refractivity contribution in [3.8, 4) is 0 Å². The number of anilines is 1. The molecule has 3 aliphatic heterocycles. The van der Waals surface area contributed by atoms with Gasteiger partial charge in [0.15, 0.2) is 5.69 Å². The van der Waals surface area contributed by atoms with Gasteiger partial charge in [0.1, 0.15) is 6.26 Å². The first-order valence-corrected chi connectivity index (χ1v) is 14.1. The lowest BCUT2D eigenvalue weighted by molar-refractivity contribution is 0.00187. The second kappa shape index (κ2) is 13.0. The fraction of sp³-hybridized carbons (Fsp3) is 0.643. The molecule has 10 heteroatoms. The van der Waals surface area contributed by atoms with Crippen LogP contribution in [-0.2, 0) is 17.7 Å². The lowest BCUT2D eigenvalue weighted by atomic mass is 10.1. The summed E-state index contributed by atoms with van der Waals surface area (Å²) in [4.78, 5) is 28.8. The van der Waals surface area contributed by atoms with Gasteiger partial charge in [0.2, 0.25) is 5.89 Å². The van der Waals surface area contributed by atoms with E-state index in [1.165, 1.54) is 17.5 Å². The Morgan fingerprint density at radius 1 is 0.921 bits per heavy atom. The van der Waals surface area contributed by atoms with Crippen molar-refractivity contribution in [2.24, 2.45) is 0 Å². The van der Waals surface area contributed by atoms with E-state index >= 15 is 0 Å². The summed E-state index contributed by atoms with van der Waals surface area (Å²) in [5, 5.41) is 10.5. The first-order chi connectivity index (χ1) is 18.6. The number of amides is 1. The maximum Gasteiger partial charge on any atom is 0.275 e. The molecule has 0 radical (unpaired) electrons. The average molecular weight is 527 g/mol. The van der Waals surface area contributed by atoms with E-state index in [0.29, 0.717) is 44.3 Å². The molecule has 38 heavy (non-hydrogen) atoms. The van der Waals surface area contributed by atoms with Gasteiger partial charge < -0.3 is 24.1 Å². The van der Waals surface area contributed by atoms with Gasteiger partial charge in [-0.05, 0) is 18.1 Å². The maximum absolute atomic E-state index is 13.1. The lowest BCUT2D eigenvalue weighted by Crippen LogP contribution is -2.50.